The van der Waals surface area contributed by atoms with Crippen LogP contribution in [0.25, 0.3) is 0 Å². The van der Waals surface area contributed by atoms with E-state index in [2.05, 4.69) is 29.6 Å². The fourth-order valence-corrected chi connectivity index (χ4v) is 2.79. The number of benzene rings is 1. The van der Waals surface area contributed by atoms with Crippen molar-refractivity contribution in [1.29, 1.82) is 0 Å². The van der Waals surface area contributed by atoms with Gasteiger partial charge in [-0.2, -0.15) is 0 Å². The van der Waals surface area contributed by atoms with Gasteiger partial charge in [-0.3, -0.25) is 4.79 Å². The van der Waals surface area contributed by atoms with Crippen molar-refractivity contribution in [2.45, 2.75) is 18.4 Å². The first-order valence-corrected chi connectivity index (χ1v) is 5.38. The number of nitrogens with two attached hydrogens (primary N) is 1. The lowest BCUT2D eigenvalue weighted by Crippen LogP contribution is -2.34. The highest BCUT2D eigenvalue weighted by atomic mass is 16.1. The van der Waals surface area contributed by atoms with Crippen LogP contribution in [0.4, 0.5) is 0 Å². The largest absolute Gasteiger partial charge is 0.351 e. The van der Waals surface area contributed by atoms with E-state index in [1.165, 1.54) is 11.1 Å². The monoisotopic (exact) mass is 202 g/mol. The normalized spacial score (nSPS) is 30.6. The van der Waals surface area contributed by atoms with E-state index in [-0.39, 0.29) is 12.5 Å². The standard InChI is InChI=1S/C12H14N2O/c13-6-10(15)14-12-9-5-7-3-1-2-4-8(7)11(9)12/h1-4,9,11-12H,5-6,13H2,(H,14,15). The van der Waals surface area contributed by atoms with E-state index in [4.69, 9.17) is 5.73 Å². The fourth-order valence-electron chi connectivity index (χ4n) is 2.79. The molecule has 2 aliphatic carbocycles. The topological polar surface area (TPSA) is 55.1 Å². The second-order valence-electron chi connectivity index (χ2n) is 4.39. The van der Waals surface area contributed by atoms with E-state index in [1.54, 1.807) is 0 Å². The highest BCUT2D eigenvalue weighted by molar-refractivity contribution is 5.79. The Morgan fingerprint density at radius 1 is 1.47 bits per heavy atom. The molecule has 2 aliphatic rings. The Labute approximate surface area is 88.7 Å². The lowest BCUT2D eigenvalue weighted by atomic mass is 10.1. The lowest BCUT2D eigenvalue weighted by Gasteiger charge is -2.08. The number of carbonyl (C=O) groups excluding carboxylic acids is 1. The predicted octanol–water partition coefficient (Wildman–Crippen LogP) is 0.400. The van der Waals surface area contributed by atoms with E-state index in [0.717, 1.165) is 6.42 Å². The van der Waals surface area contributed by atoms with Crippen molar-refractivity contribution in [3.8, 4) is 0 Å². The van der Waals surface area contributed by atoms with Gasteiger partial charge in [-0.1, -0.05) is 24.3 Å². The van der Waals surface area contributed by atoms with Gasteiger partial charge in [0.15, 0.2) is 0 Å². The Balaban J connectivity index is 1.76. The molecule has 0 aromatic heterocycles. The molecule has 3 rings (SSSR count). The van der Waals surface area contributed by atoms with Crippen LogP contribution in [-0.4, -0.2) is 18.5 Å². The molecule has 1 fully saturated rings. The third-order valence-electron chi connectivity index (χ3n) is 3.55. The highest BCUT2D eigenvalue weighted by Gasteiger charge is 2.55. The molecule has 1 aromatic rings. The van der Waals surface area contributed by atoms with Gasteiger partial charge in [-0.25, -0.2) is 0 Å². The summed E-state index contributed by atoms with van der Waals surface area (Å²) in [6.07, 6.45) is 1.11. The first-order valence-electron chi connectivity index (χ1n) is 5.38. The second kappa shape index (κ2) is 3.07. The van der Waals surface area contributed by atoms with Crippen LogP contribution < -0.4 is 11.1 Å². The summed E-state index contributed by atoms with van der Waals surface area (Å²) in [7, 11) is 0. The van der Waals surface area contributed by atoms with Crippen LogP contribution in [0.3, 0.4) is 0 Å². The van der Waals surface area contributed by atoms with Gasteiger partial charge in [0.1, 0.15) is 0 Å². The Bertz CT molecular complexity index is 416. The van der Waals surface area contributed by atoms with Gasteiger partial charge in [0.25, 0.3) is 0 Å². The number of carbonyl (C=O) groups is 1. The molecular weight excluding hydrogens is 188 g/mol. The number of nitrogens with one attached hydrogen (secondary N) is 1. The molecule has 0 radical (unpaired) electrons. The summed E-state index contributed by atoms with van der Waals surface area (Å²) < 4.78 is 0. The van der Waals surface area contributed by atoms with Gasteiger partial charge >= 0.3 is 0 Å². The molecule has 3 unspecified atom stereocenters. The highest BCUT2D eigenvalue weighted by Crippen LogP contribution is 2.56. The number of hydrogen-bond donors (Lipinski definition) is 2. The minimum absolute atomic E-state index is 0.0353. The molecule has 0 saturated heterocycles. The molecule has 3 N–H and O–H groups in total. The summed E-state index contributed by atoms with van der Waals surface area (Å²) in [5.74, 6) is 1.14. The molecule has 0 spiro atoms. The summed E-state index contributed by atoms with van der Waals surface area (Å²) in [5, 5.41) is 2.98. The van der Waals surface area contributed by atoms with Gasteiger partial charge in [-0.05, 0) is 23.5 Å². The first kappa shape index (κ1) is 8.92. The van der Waals surface area contributed by atoms with E-state index >= 15 is 0 Å². The van der Waals surface area contributed by atoms with Gasteiger partial charge in [0.05, 0.1) is 6.54 Å². The number of hydrogen-bond acceptors (Lipinski definition) is 2. The molecule has 78 valence electrons. The van der Waals surface area contributed by atoms with E-state index in [1.807, 2.05) is 0 Å². The third-order valence-corrected chi connectivity index (χ3v) is 3.55. The van der Waals surface area contributed by atoms with Crippen LogP contribution in [-0.2, 0) is 11.2 Å². The van der Waals surface area contributed by atoms with Crippen molar-refractivity contribution in [1.82, 2.24) is 5.32 Å². The molecule has 15 heavy (non-hydrogen) atoms. The minimum Gasteiger partial charge on any atom is -0.351 e. The van der Waals surface area contributed by atoms with Crippen LogP contribution in [0.15, 0.2) is 24.3 Å². The average molecular weight is 202 g/mol. The zero-order valence-electron chi connectivity index (χ0n) is 8.44. The van der Waals surface area contributed by atoms with Crippen LogP contribution in [0.2, 0.25) is 0 Å². The molecule has 1 saturated carbocycles. The SMILES string of the molecule is NCC(=O)NC1C2Cc3ccccc3C21. The molecule has 0 bridgehead atoms. The van der Waals surface area contributed by atoms with Crippen molar-refractivity contribution < 1.29 is 4.79 Å². The Morgan fingerprint density at radius 2 is 2.27 bits per heavy atom. The maximum absolute atomic E-state index is 11.2. The lowest BCUT2D eigenvalue weighted by molar-refractivity contribution is -0.119. The van der Waals surface area contributed by atoms with Crippen LogP contribution in [0.5, 0.6) is 0 Å². The van der Waals surface area contributed by atoms with Crippen molar-refractivity contribution in [3.63, 3.8) is 0 Å². The summed E-state index contributed by atoms with van der Waals surface area (Å²) >= 11 is 0. The first-order chi connectivity index (χ1) is 7.31. The maximum atomic E-state index is 11.2. The molecule has 0 aliphatic heterocycles. The van der Waals surface area contributed by atoms with E-state index in [9.17, 15) is 4.79 Å². The van der Waals surface area contributed by atoms with Crippen molar-refractivity contribution in [2.24, 2.45) is 11.7 Å². The molecule has 3 heteroatoms. The predicted molar refractivity (Wildman–Crippen MR) is 57.4 cm³/mol. The zero-order valence-corrected chi connectivity index (χ0v) is 8.44. The Morgan fingerprint density at radius 3 is 3.07 bits per heavy atom. The van der Waals surface area contributed by atoms with E-state index < -0.39 is 0 Å². The van der Waals surface area contributed by atoms with Gasteiger partial charge in [-0.15, -0.1) is 0 Å². The van der Waals surface area contributed by atoms with Crippen LogP contribution >= 0.6 is 0 Å². The third kappa shape index (κ3) is 1.27. The van der Waals surface area contributed by atoms with Crippen molar-refractivity contribution >= 4 is 5.91 Å². The van der Waals surface area contributed by atoms with Crippen LogP contribution in [0, 0.1) is 5.92 Å². The fraction of sp³-hybridized carbons (Fsp3) is 0.417. The molecule has 0 heterocycles. The number of amides is 1. The summed E-state index contributed by atoms with van der Waals surface area (Å²) in [5.41, 5.74) is 8.15. The Hall–Kier alpha value is -1.35. The number of fused-ring (bicyclic) bond motifs is 3. The minimum atomic E-state index is -0.0353. The van der Waals surface area contributed by atoms with Crippen LogP contribution in [0.1, 0.15) is 17.0 Å². The quantitative estimate of drug-likeness (QED) is 0.729. The van der Waals surface area contributed by atoms with Gasteiger partial charge < -0.3 is 11.1 Å². The maximum Gasteiger partial charge on any atom is 0.233 e. The molecule has 3 atom stereocenters. The van der Waals surface area contributed by atoms with Crippen molar-refractivity contribution in [3.05, 3.63) is 35.4 Å². The average Bonchev–Trinajstić information content (AvgIpc) is 2.77. The summed E-state index contributed by atoms with van der Waals surface area (Å²) in [6.45, 7) is 0.0948. The Kier molecular flexibility index (Phi) is 1.83. The van der Waals surface area contributed by atoms with Crippen molar-refractivity contribution in [2.75, 3.05) is 6.54 Å². The molecule has 1 amide bonds. The van der Waals surface area contributed by atoms with E-state index in [0.29, 0.717) is 17.9 Å². The molecule has 1 aromatic carbocycles. The van der Waals surface area contributed by atoms with Gasteiger partial charge in [0, 0.05) is 12.0 Å². The second-order valence-corrected chi connectivity index (χ2v) is 4.39. The number of rotatable bonds is 2. The smallest absolute Gasteiger partial charge is 0.233 e. The summed E-state index contributed by atoms with van der Waals surface area (Å²) in [6, 6.07) is 8.85. The molecular formula is C12H14N2O. The summed E-state index contributed by atoms with van der Waals surface area (Å²) in [4.78, 5) is 11.2. The van der Waals surface area contributed by atoms with Gasteiger partial charge in [0.2, 0.25) is 5.91 Å². The molecule has 3 nitrogen and oxygen atoms in total. The zero-order chi connectivity index (χ0) is 10.4.